The molecule has 0 aromatic heterocycles. The second-order valence-electron chi connectivity index (χ2n) is 5.73. The summed E-state index contributed by atoms with van der Waals surface area (Å²) in [5.74, 6) is 0.925. The topological polar surface area (TPSA) is 49.4 Å². The van der Waals surface area contributed by atoms with Crippen LogP contribution in [0.5, 0.6) is 0 Å². The summed E-state index contributed by atoms with van der Waals surface area (Å²) < 4.78 is 0. The first-order valence-corrected chi connectivity index (χ1v) is 8.46. The van der Waals surface area contributed by atoms with Gasteiger partial charge in [0.05, 0.1) is 6.54 Å². The molecule has 1 saturated heterocycles. The third-order valence-electron chi connectivity index (χ3n) is 4.24. The minimum atomic E-state index is -0.591. The van der Waals surface area contributed by atoms with E-state index in [2.05, 4.69) is 17.4 Å². The highest BCUT2D eigenvalue weighted by molar-refractivity contribution is 7.99. The Labute approximate surface area is 129 Å². The molecule has 0 bridgehead atoms. The molecule has 1 saturated carbocycles. The molecule has 1 spiro atoms. The van der Waals surface area contributed by atoms with Gasteiger partial charge in [-0.1, -0.05) is 31.0 Å². The van der Waals surface area contributed by atoms with Crippen LogP contribution in [-0.2, 0) is 9.59 Å². The molecule has 4 nitrogen and oxygen atoms in total. The zero-order valence-electron chi connectivity index (χ0n) is 12.0. The molecule has 0 atom stereocenters. The summed E-state index contributed by atoms with van der Waals surface area (Å²) in [6.07, 6.45) is 3.64. The number of benzene rings is 1. The lowest BCUT2D eigenvalue weighted by atomic mass is 9.93. The lowest BCUT2D eigenvalue weighted by Crippen LogP contribution is -2.65. The largest absolute Gasteiger partial charge is 0.340 e. The van der Waals surface area contributed by atoms with Gasteiger partial charge in [-0.15, -0.1) is 11.8 Å². The lowest BCUT2D eigenvalue weighted by molar-refractivity contribution is -0.149. The average Bonchev–Trinajstić information content (AvgIpc) is 2.94. The number of piperazine rings is 1. The smallest absolute Gasteiger partial charge is 0.248 e. The SMILES string of the molecule is O=C1CN(CCSc2ccccc2)C(=O)C2(CCCC2)N1. The summed E-state index contributed by atoms with van der Waals surface area (Å²) in [6.45, 7) is 0.837. The van der Waals surface area contributed by atoms with Crippen molar-refractivity contribution < 1.29 is 9.59 Å². The Morgan fingerprint density at radius 3 is 2.57 bits per heavy atom. The standard InChI is InChI=1S/C16H20N2O2S/c19-14-12-18(10-11-21-13-6-2-1-3-7-13)15(20)16(17-14)8-4-5-9-16/h1-3,6-7H,4-5,8-12H2,(H,17,19). The van der Waals surface area contributed by atoms with Crippen molar-refractivity contribution in [3.63, 3.8) is 0 Å². The molecule has 1 aliphatic heterocycles. The monoisotopic (exact) mass is 304 g/mol. The van der Waals surface area contributed by atoms with Gasteiger partial charge in [-0.25, -0.2) is 0 Å². The van der Waals surface area contributed by atoms with Gasteiger partial charge in [-0.2, -0.15) is 0 Å². The van der Waals surface area contributed by atoms with Crippen LogP contribution in [0, 0.1) is 0 Å². The summed E-state index contributed by atoms with van der Waals surface area (Å²) in [5.41, 5.74) is -0.591. The molecule has 1 heterocycles. The highest BCUT2D eigenvalue weighted by atomic mass is 32.2. The first-order chi connectivity index (χ1) is 10.2. The van der Waals surface area contributed by atoms with Crippen LogP contribution < -0.4 is 5.32 Å². The van der Waals surface area contributed by atoms with Gasteiger partial charge in [-0.3, -0.25) is 9.59 Å². The van der Waals surface area contributed by atoms with Crippen LogP contribution in [0.1, 0.15) is 25.7 Å². The van der Waals surface area contributed by atoms with Crippen LogP contribution in [-0.4, -0.2) is 41.1 Å². The number of nitrogens with zero attached hydrogens (tertiary/aromatic N) is 1. The first kappa shape index (κ1) is 14.4. The van der Waals surface area contributed by atoms with Gasteiger partial charge < -0.3 is 10.2 Å². The molecule has 1 aliphatic carbocycles. The fourth-order valence-corrected chi connectivity index (χ4v) is 4.09. The Kier molecular flexibility index (Phi) is 4.19. The molecule has 3 rings (SSSR count). The molecule has 5 heteroatoms. The van der Waals surface area contributed by atoms with Gasteiger partial charge in [0.1, 0.15) is 5.54 Å². The number of thioether (sulfide) groups is 1. The number of hydrogen-bond donors (Lipinski definition) is 1. The summed E-state index contributed by atoms with van der Waals surface area (Å²) in [4.78, 5) is 27.5. The van der Waals surface area contributed by atoms with Crippen molar-refractivity contribution in [2.24, 2.45) is 0 Å². The van der Waals surface area contributed by atoms with Crippen molar-refractivity contribution in [2.45, 2.75) is 36.1 Å². The molecule has 21 heavy (non-hydrogen) atoms. The second kappa shape index (κ2) is 6.10. The Bertz CT molecular complexity index is 526. The third kappa shape index (κ3) is 3.07. The maximum absolute atomic E-state index is 12.6. The van der Waals surface area contributed by atoms with Crippen molar-refractivity contribution >= 4 is 23.6 Å². The molecule has 112 valence electrons. The molecular formula is C16H20N2O2S. The highest BCUT2D eigenvalue weighted by Crippen LogP contribution is 2.33. The van der Waals surface area contributed by atoms with Crippen molar-refractivity contribution in [1.82, 2.24) is 10.2 Å². The molecule has 1 aromatic rings. The number of amides is 2. The van der Waals surface area contributed by atoms with E-state index in [9.17, 15) is 9.59 Å². The van der Waals surface area contributed by atoms with E-state index in [-0.39, 0.29) is 18.4 Å². The zero-order valence-corrected chi connectivity index (χ0v) is 12.8. The van der Waals surface area contributed by atoms with Crippen LogP contribution in [0.25, 0.3) is 0 Å². The summed E-state index contributed by atoms with van der Waals surface area (Å²) in [7, 11) is 0. The fraction of sp³-hybridized carbons (Fsp3) is 0.500. The molecule has 0 radical (unpaired) electrons. The van der Waals surface area contributed by atoms with Crippen molar-refractivity contribution in [3.8, 4) is 0 Å². The second-order valence-corrected chi connectivity index (χ2v) is 6.89. The molecule has 2 fully saturated rings. The molecule has 0 unspecified atom stereocenters. The van der Waals surface area contributed by atoms with E-state index in [0.29, 0.717) is 6.54 Å². The van der Waals surface area contributed by atoms with E-state index in [0.717, 1.165) is 31.4 Å². The fourth-order valence-electron chi connectivity index (χ4n) is 3.20. The molecular weight excluding hydrogens is 284 g/mol. The van der Waals surface area contributed by atoms with E-state index in [4.69, 9.17) is 0 Å². The first-order valence-electron chi connectivity index (χ1n) is 7.48. The maximum Gasteiger partial charge on any atom is 0.248 e. The Hall–Kier alpha value is -1.49. The summed E-state index contributed by atoms with van der Waals surface area (Å²) in [5, 5.41) is 2.94. The zero-order chi connectivity index (χ0) is 14.7. The predicted molar refractivity (Wildman–Crippen MR) is 83.1 cm³/mol. The number of hydrogen-bond acceptors (Lipinski definition) is 3. The van der Waals surface area contributed by atoms with Gasteiger partial charge in [-0.05, 0) is 25.0 Å². The maximum atomic E-state index is 12.6. The van der Waals surface area contributed by atoms with Crippen LogP contribution in [0.2, 0.25) is 0 Å². The van der Waals surface area contributed by atoms with E-state index in [1.54, 1.807) is 16.7 Å². The minimum absolute atomic E-state index is 0.0128. The van der Waals surface area contributed by atoms with Crippen LogP contribution in [0.15, 0.2) is 35.2 Å². The van der Waals surface area contributed by atoms with Crippen molar-refractivity contribution in [2.75, 3.05) is 18.8 Å². The van der Waals surface area contributed by atoms with Crippen molar-refractivity contribution in [1.29, 1.82) is 0 Å². The molecule has 1 N–H and O–H groups in total. The van der Waals surface area contributed by atoms with Gasteiger partial charge >= 0.3 is 0 Å². The van der Waals surface area contributed by atoms with E-state index < -0.39 is 5.54 Å². The van der Waals surface area contributed by atoms with E-state index in [1.165, 1.54) is 4.90 Å². The Morgan fingerprint density at radius 2 is 1.86 bits per heavy atom. The number of nitrogens with one attached hydrogen (secondary N) is 1. The van der Waals surface area contributed by atoms with Gasteiger partial charge in [0.2, 0.25) is 11.8 Å². The molecule has 2 amide bonds. The quantitative estimate of drug-likeness (QED) is 0.866. The van der Waals surface area contributed by atoms with Crippen LogP contribution in [0.3, 0.4) is 0 Å². The Morgan fingerprint density at radius 1 is 1.14 bits per heavy atom. The van der Waals surface area contributed by atoms with Gasteiger partial charge in [0, 0.05) is 17.2 Å². The lowest BCUT2D eigenvalue weighted by Gasteiger charge is -2.39. The minimum Gasteiger partial charge on any atom is -0.340 e. The van der Waals surface area contributed by atoms with Gasteiger partial charge in [0.15, 0.2) is 0 Å². The Balaban J connectivity index is 1.59. The van der Waals surface area contributed by atoms with Crippen LogP contribution in [0.4, 0.5) is 0 Å². The predicted octanol–water partition coefficient (Wildman–Crippen LogP) is 2.05. The molecule has 2 aliphatic rings. The highest BCUT2D eigenvalue weighted by Gasteiger charge is 2.47. The average molecular weight is 304 g/mol. The van der Waals surface area contributed by atoms with Crippen molar-refractivity contribution in [3.05, 3.63) is 30.3 Å². The summed E-state index contributed by atoms with van der Waals surface area (Å²) >= 11 is 1.72. The third-order valence-corrected chi connectivity index (χ3v) is 5.23. The molecule has 1 aromatic carbocycles. The summed E-state index contributed by atoms with van der Waals surface area (Å²) in [6, 6.07) is 10.1. The van der Waals surface area contributed by atoms with E-state index in [1.807, 2.05) is 18.2 Å². The number of carbonyl (C=O) groups is 2. The number of rotatable bonds is 4. The number of carbonyl (C=O) groups excluding carboxylic acids is 2. The van der Waals surface area contributed by atoms with Crippen LogP contribution >= 0.6 is 11.8 Å². The van der Waals surface area contributed by atoms with Gasteiger partial charge in [0.25, 0.3) is 0 Å². The normalized spacial score (nSPS) is 20.9. The van der Waals surface area contributed by atoms with E-state index >= 15 is 0 Å².